The molecular weight excluding hydrogens is 540 g/mol. The van der Waals surface area contributed by atoms with E-state index in [4.69, 9.17) is 4.74 Å². The number of fused-ring (bicyclic) bond motifs is 16. The summed E-state index contributed by atoms with van der Waals surface area (Å²) in [5.41, 5.74) is 1.08. The van der Waals surface area contributed by atoms with Gasteiger partial charge in [-0.15, -0.1) is 0 Å². The number of hydrogen-bond donors (Lipinski definition) is 4. The maximum absolute atomic E-state index is 13.5. The van der Waals surface area contributed by atoms with Crippen LogP contribution in [-0.4, -0.2) is 70.6 Å². The lowest BCUT2D eigenvalue weighted by molar-refractivity contribution is -0.150. The zero-order chi connectivity index (χ0) is 28.4. The van der Waals surface area contributed by atoms with Gasteiger partial charge in [0.25, 0.3) is 0 Å². The van der Waals surface area contributed by atoms with Crippen LogP contribution in [0.2, 0.25) is 0 Å². The number of benzene rings is 1. The van der Waals surface area contributed by atoms with Gasteiger partial charge in [-0.1, -0.05) is 53.6 Å². The Bertz CT molecular complexity index is 1120. The molecule has 10 nitrogen and oxygen atoms in total. The maximum atomic E-state index is 13.5. The molecule has 0 saturated carbocycles. The molecule has 2 bridgehead atoms. The summed E-state index contributed by atoms with van der Waals surface area (Å²) in [5.74, 6) is -1.42. The van der Waals surface area contributed by atoms with Crippen molar-refractivity contribution in [1.82, 2.24) is 16.0 Å². The fraction of sp³-hybridized carbons (Fsp3) is 0.519. The van der Waals surface area contributed by atoms with Crippen LogP contribution in [0.25, 0.3) is 0 Å². The highest BCUT2D eigenvalue weighted by Gasteiger charge is 2.31. The van der Waals surface area contributed by atoms with Crippen molar-refractivity contribution in [2.75, 3.05) is 11.5 Å². The first-order chi connectivity index (χ1) is 18.6. The molecule has 4 N–H and O–H groups in total. The van der Waals surface area contributed by atoms with Crippen molar-refractivity contribution >= 4 is 45.3 Å². The van der Waals surface area contributed by atoms with Gasteiger partial charge in [0.1, 0.15) is 18.2 Å². The lowest BCUT2D eigenvalue weighted by atomic mass is 9.96. The smallest absolute Gasteiger partial charge is 0.309 e. The monoisotopic (exact) mass is 574 g/mol. The van der Waals surface area contributed by atoms with Crippen molar-refractivity contribution in [2.24, 2.45) is 5.92 Å². The number of nitriles is 1. The Morgan fingerprint density at radius 2 is 1.90 bits per heavy atom. The van der Waals surface area contributed by atoms with Crippen molar-refractivity contribution in [1.29, 1.82) is 5.26 Å². The minimum Gasteiger partial charge on any atom is -0.457 e. The number of hydrogen-bond acceptors (Lipinski definition) is 9. The summed E-state index contributed by atoms with van der Waals surface area (Å²) in [4.78, 5) is 52.5. The third kappa shape index (κ3) is 9.91. The van der Waals surface area contributed by atoms with Crippen LogP contribution in [-0.2, 0) is 30.3 Å². The molecule has 3 aliphatic heterocycles. The second kappa shape index (κ2) is 15.0. The average molecular weight is 575 g/mol. The number of aliphatic hydroxyl groups is 1. The third-order valence-electron chi connectivity index (χ3n) is 6.34. The van der Waals surface area contributed by atoms with Crippen molar-refractivity contribution in [2.45, 2.75) is 69.9 Å². The molecule has 12 heteroatoms. The predicted molar refractivity (Wildman–Crippen MR) is 149 cm³/mol. The van der Waals surface area contributed by atoms with Gasteiger partial charge in [0.2, 0.25) is 17.7 Å². The Labute approximate surface area is 236 Å². The summed E-state index contributed by atoms with van der Waals surface area (Å²) in [6.45, 7) is 3.79. The van der Waals surface area contributed by atoms with Crippen LogP contribution >= 0.6 is 21.6 Å². The predicted octanol–water partition coefficient (Wildman–Crippen LogP) is 1.62. The summed E-state index contributed by atoms with van der Waals surface area (Å²) in [7, 11) is 2.87. The molecule has 210 valence electrons. The van der Waals surface area contributed by atoms with E-state index in [1.807, 2.05) is 13.8 Å². The number of nitrogens with one attached hydrogen (secondary N) is 3. The highest BCUT2D eigenvalue weighted by atomic mass is 33.1. The second-order valence-corrected chi connectivity index (χ2v) is 12.4. The van der Waals surface area contributed by atoms with E-state index in [-0.39, 0.29) is 37.4 Å². The SMILES string of the molecule is CC(C)[C@H]1C[C@@H](O)CC(=O)O[C@@H]2/C=C/CSSC[C@@H](NC(=O)[C@H](Cc3cccc(C#N)c3)NC(=O)C2)C(=O)N1. The Kier molecular flexibility index (Phi) is 11.7. The number of amides is 3. The maximum Gasteiger partial charge on any atom is 0.309 e. The molecule has 0 unspecified atom stereocenters. The molecule has 4 rings (SSSR count). The van der Waals surface area contributed by atoms with Gasteiger partial charge in [-0.3, -0.25) is 19.2 Å². The number of rotatable bonds is 3. The van der Waals surface area contributed by atoms with Crippen LogP contribution in [0.5, 0.6) is 0 Å². The van der Waals surface area contributed by atoms with Crippen LogP contribution < -0.4 is 16.0 Å². The Morgan fingerprint density at radius 3 is 2.64 bits per heavy atom. The summed E-state index contributed by atoms with van der Waals surface area (Å²) in [6.07, 6.45) is 1.17. The molecule has 5 atom stereocenters. The van der Waals surface area contributed by atoms with Gasteiger partial charge >= 0.3 is 5.97 Å². The first kappa shape index (κ1) is 30.5. The van der Waals surface area contributed by atoms with E-state index in [1.54, 1.807) is 36.4 Å². The van der Waals surface area contributed by atoms with E-state index in [9.17, 15) is 29.5 Å². The zero-order valence-corrected chi connectivity index (χ0v) is 23.6. The molecule has 0 radical (unpaired) electrons. The van der Waals surface area contributed by atoms with E-state index < -0.39 is 54.0 Å². The fourth-order valence-electron chi connectivity index (χ4n) is 4.23. The molecule has 39 heavy (non-hydrogen) atoms. The van der Waals surface area contributed by atoms with Gasteiger partial charge in [0.15, 0.2) is 0 Å². The van der Waals surface area contributed by atoms with Gasteiger partial charge < -0.3 is 25.8 Å². The number of aliphatic hydroxyl groups excluding tert-OH is 1. The number of nitrogens with zero attached hydrogens (tertiary/aromatic N) is 1. The second-order valence-electron chi connectivity index (χ2n) is 9.88. The average Bonchev–Trinajstić information content (AvgIpc) is 2.87. The van der Waals surface area contributed by atoms with E-state index in [0.717, 1.165) is 0 Å². The lowest BCUT2D eigenvalue weighted by Crippen LogP contribution is -2.57. The summed E-state index contributed by atoms with van der Waals surface area (Å²) in [5, 5.41) is 28.3. The van der Waals surface area contributed by atoms with Gasteiger partial charge in [-0.2, -0.15) is 5.26 Å². The van der Waals surface area contributed by atoms with E-state index in [0.29, 0.717) is 16.9 Å². The zero-order valence-electron chi connectivity index (χ0n) is 21.9. The van der Waals surface area contributed by atoms with E-state index in [1.165, 1.54) is 21.6 Å². The molecule has 1 aromatic carbocycles. The van der Waals surface area contributed by atoms with Crippen molar-refractivity contribution in [3.8, 4) is 6.07 Å². The number of carbonyl (C=O) groups excluding carboxylic acids is 4. The number of esters is 1. The molecule has 0 spiro atoms. The summed E-state index contributed by atoms with van der Waals surface area (Å²) >= 11 is 0. The van der Waals surface area contributed by atoms with Crippen molar-refractivity contribution in [3.05, 3.63) is 47.5 Å². The van der Waals surface area contributed by atoms with Crippen LogP contribution in [0.15, 0.2) is 36.4 Å². The first-order valence-electron chi connectivity index (χ1n) is 12.8. The molecule has 3 aliphatic rings. The molecule has 0 aliphatic carbocycles. The Balaban J connectivity index is 1.98. The minimum absolute atomic E-state index is 0.0501. The Hall–Kier alpha value is -3.01. The van der Waals surface area contributed by atoms with Gasteiger partial charge in [0.05, 0.1) is 30.6 Å². The van der Waals surface area contributed by atoms with Crippen molar-refractivity contribution in [3.63, 3.8) is 0 Å². The van der Waals surface area contributed by atoms with E-state index in [2.05, 4.69) is 22.0 Å². The lowest BCUT2D eigenvalue weighted by Gasteiger charge is -2.29. The molecule has 3 amide bonds. The number of ether oxygens (including phenoxy) is 1. The topological polar surface area (TPSA) is 158 Å². The molecular formula is C27H34N4O6S2. The molecule has 3 heterocycles. The normalized spacial score (nSPS) is 28.4. The van der Waals surface area contributed by atoms with Crippen LogP contribution in [0.1, 0.15) is 44.2 Å². The highest BCUT2D eigenvalue weighted by molar-refractivity contribution is 8.76. The number of carbonyl (C=O) groups is 4. The summed E-state index contributed by atoms with van der Waals surface area (Å²) in [6, 6.07) is 6.39. The first-order valence-corrected chi connectivity index (χ1v) is 15.3. The molecule has 1 fully saturated rings. The van der Waals surface area contributed by atoms with Crippen LogP contribution in [0.4, 0.5) is 0 Å². The third-order valence-corrected chi connectivity index (χ3v) is 8.62. The largest absolute Gasteiger partial charge is 0.457 e. The molecule has 1 aromatic rings. The highest BCUT2D eigenvalue weighted by Crippen LogP contribution is 2.23. The minimum atomic E-state index is -1.06. The van der Waals surface area contributed by atoms with E-state index >= 15 is 0 Å². The fourth-order valence-corrected chi connectivity index (χ4v) is 6.20. The summed E-state index contributed by atoms with van der Waals surface area (Å²) < 4.78 is 5.52. The van der Waals surface area contributed by atoms with Gasteiger partial charge in [-0.25, -0.2) is 0 Å². The van der Waals surface area contributed by atoms with Crippen LogP contribution in [0.3, 0.4) is 0 Å². The standard InChI is InChI=1S/C27H34N4O6S2/c1-16(2)21-11-19(32)12-25(34)37-20-7-4-8-38-39-15-23(27(36)30-21)31-26(35)22(29-24(33)13-20)10-17-5-3-6-18(9-17)14-28/h3-7,9,16,19-23,32H,8,10-13,15H2,1-2H3,(H,29,33)(H,30,36)(H,31,35)/b7-4+/t19-,20-,21-,22+,23-/m1/s1. The van der Waals surface area contributed by atoms with Crippen LogP contribution in [0, 0.1) is 17.2 Å². The molecule has 0 aromatic heterocycles. The molecule has 1 saturated heterocycles. The van der Waals surface area contributed by atoms with Crippen molar-refractivity contribution < 1.29 is 29.0 Å². The van der Waals surface area contributed by atoms with Gasteiger partial charge in [-0.05, 0) is 36.1 Å². The quantitative estimate of drug-likeness (QED) is 0.239. The van der Waals surface area contributed by atoms with Gasteiger partial charge in [0, 0.05) is 24.0 Å². The Morgan fingerprint density at radius 1 is 1.10 bits per heavy atom.